The van der Waals surface area contributed by atoms with Gasteiger partial charge in [0.05, 0.1) is 12.5 Å². The summed E-state index contributed by atoms with van der Waals surface area (Å²) in [5.41, 5.74) is 4.05. The first-order valence-corrected chi connectivity index (χ1v) is 6.09. The summed E-state index contributed by atoms with van der Waals surface area (Å²) in [6, 6.07) is 8.87. The lowest BCUT2D eigenvalue weighted by atomic mass is 10.1. The minimum atomic E-state index is -0.265. The lowest BCUT2D eigenvalue weighted by molar-refractivity contribution is 0.0955. The molecule has 0 fully saturated rings. The van der Waals surface area contributed by atoms with Gasteiger partial charge in [-0.15, -0.1) is 0 Å². The van der Waals surface area contributed by atoms with Gasteiger partial charge >= 0.3 is 0 Å². The molecule has 1 aromatic carbocycles. The summed E-state index contributed by atoms with van der Waals surface area (Å²) >= 11 is 3.38. The number of furan rings is 1. The maximum Gasteiger partial charge on any atom is 0.271 e. The van der Waals surface area contributed by atoms with Gasteiger partial charge in [0.15, 0.2) is 0 Å². The highest BCUT2D eigenvalue weighted by atomic mass is 79.9. The van der Waals surface area contributed by atoms with E-state index in [0.29, 0.717) is 11.3 Å². The molecule has 92 valence electrons. The fourth-order valence-corrected chi connectivity index (χ4v) is 1.70. The van der Waals surface area contributed by atoms with Crippen LogP contribution in [0.5, 0.6) is 0 Å². The van der Waals surface area contributed by atoms with Crippen molar-refractivity contribution in [1.29, 1.82) is 0 Å². The fourth-order valence-electron chi connectivity index (χ4n) is 1.32. The highest BCUT2D eigenvalue weighted by Gasteiger charge is 2.05. The second-order valence-electron chi connectivity index (χ2n) is 3.68. The molecule has 0 saturated heterocycles. The van der Waals surface area contributed by atoms with Crippen LogP contribution in [0.15, 0.2) is 50.6 Å². The van der Waals surface area contributed by atoms with Crippen LogP contribution in [-0.4, -0.2) is 12.1 Å². The summed E-state index contributed by atoms with van der Waals surface area (Å²) < 4.78 is 5.94. The predicted molar refractivity (Wildman–Crippen MR) is 72.6 cm³/mol. The van der Waals surface area contributed by atoms with Crippen molar-refractivity contribution in [2.24, 2.45) is 5.10 Å². The molecule has 5 heteroatoms. The first-order valence-electron chi connectivity index (χ1n) is 5.30. The molecule has 2 aromatic rings. The Balaban J connectivity index is 2.01. The van der Waals surface area contributed by atoms with Gasteiger partial charge in [0.25, 0.3) is 5.91 Å². The average Bonchev–Trinajstić information content (AvgIpc) is 2.85. The Labute approximate surface area is 113 Å². The fraction of sp³-hybridized carbons (Fsp3) is 0.0769. The van der Waals surface area contributed by atoms with E-state index in [4.69, 9.17) is 4.42 Å². The highest BCUT2D eigenvalue weighted by Crippen LogP contribution is 2.17. The van der Waals surface area contributed by atoms with Crippen molar-refractivity contribution in [3.63, 3.8) is 0 Å². The molecule has 0 aliphatic rings. The normalized spacial score (nSPS) is 10.8. The molecule has 0 aliphatic carbocycles. The van der Waals surface area contributed by atoms with Crippen molar-refractivity contribution < 1.29 is 9.21 Å². The number of amides is 1. The molecule has 1 N–H and O–H groups in total. The number of halogens is 1. The van der Waals surface area contributed by atoms with Crippen LogP contribution in [0.4, 0.5) is 0 Å². The molecule has 1 amide bonds. The molecule has 1 heterocycles. The number of rotatable bonds is 3. The van der Waals surface area contributed by atoms with Gasteiger partial charge in [-0.2, -0.15) is 5.10 Å². The molecule has 2 rings (SSSR count). The van der Waals surface area contributed by atoms with Crippen molar-refractivity contribution in [3.8, 4) is 0 Å². The van der Waals surface area contributed by atoms with E-state index in [0.717, 1.165) is 10.0 Å². The van der Waals surface area contributed by atoms with E-state index in [1.807, 2.05) is 13.0 Å². The van der Waals surface area contributed by atoms with Crippen LogP contribution < -0.4 is 5.43 Å². The Morgan fingerprint density at radius 2 is 2.28 bits per heavy atom. The van der Waals surface area contributed by atoms with Crippen LogP contribution in [0.1, 0.15) is 21.7 Å². The van der Waals surface area contributed by atoms with Crippen molar-refractivity contribution >= 4 is 28.1 Å². The third-order valence-corrected chi connectivity index (χ3v) is 3.19. The van der Waals surface area contributed by atoms with Crippen LogP contribution in [0, 0.1) is 6.92 Å². The third-order valence-electron chi connectivity index (χ3n) is 2.34. The number of hydrogen-bond acceptors (Lipinski definition) is 3. The number of nitrogens with zero attached hydrogens (tertiary/aromatic N) is 1. The topological polar surface area (TPSA) is 54.6 Å². The van der Waals surface area contributed by atoms with Crippen LogP contribution >= 0.6 is 15.9 Å². The number of carbonyl (C=O) groups is 1. The van der Waals surface area contributed by atoms with Gasteiger partial charge in [0.1, 0.15) is 5.76 Å². The molecule has 18 heavy (non-hydrogen) atoms. The van der Waals surface area contributed by atoms with Crippen molar-refractivity contribution in [2.45, 2.75) is 6.92 Å². The minimum absolute atomic E-state index is 0.265. The monoisotopic (exact) mass is 306 g/mol. The molecule has 0 atom stereocenters. The summed E-state index contributed by atoms with van der Waals surface area (Å²) in [6.07, 6.45) is 2.99. The van der Waals surface area contributed by atoms with Gasteiger partial charge in [-0.05, 0) is 36.8 Å². The first-order chi connectivity index (χ1) is 8.66. The minimum Gasteiger partial charge on any atom is -0.463 e. The van der Waals surface area contributed by atoms with E-state index in [1.165, 1.54) is 6.21 Å². The lowest BCUT2D eigenvalue weighted by Crippen LogP contribution is -2.17. The van der Waals surface area contributed by atoms with Crippen LogP contribution in [0.25, 0.3) is 0 Å². The standard InChI is InChI=1S/C13H11BrN2O2/c1-9-4-5-10(7-12(9)14)13(17)16-15-8-11-3-2-6-18-11/h2-8H,1H3,(H,16,17)/b15-8+. The molecule has 0 radical (unpaired) electrons. The van der Waals surface area contributed by atoms with Gasteiger partial charge in [-0.1, -0.05) is 22.0 Å². The number of hydrogen-bond donors (Lipinski definition) is 1. The van der Waals surface area contributed by atoms with E-state index < -0.39 is 0 Å². The number of benzene rings is 1. The Bertz CT molecular complexity index is 577. The van der Waals surface area contributed by atoms with Gasteiger partial charge in [-0.25, -0.2) is 5.43 Å². The molecule has 0 unspecified atom stereocenters. The maximum atomic E-state index is 11.8. The number of nitrogens with one attached hydrogen (secondary N) is 1. The summed E-state index contributed by atoms with van der Waals surface area (Å²) in [4.78, 5) is 11.8. The van der Waals surface area contributed by atoms with Gasteiger partial charge < -0.3 is 4.42 Å². The van der Waals surface area contributed by atoms with E-state index in [1.54, 1.807) is 30.5 Å². The second-order valence-corrected chi connectivity index (χ2v) is 4.53. The Morgan fingerprint density at radius 3 is 2.94 bits per heavy atom. The van der Waals surface area contributed by atoms with Gasteiger partial charge in [0.2, 0.25) is 0 Å². The van der Waals surface area contributed by atoms with Crippen LogP contribution in [0.2, 0.25) is 0 Å². The van der Waals surface area contributed by atoms with E-state index in [9.17, 15) is 4.79 Å². The predicted octanol–water partition coefficient (Wildman–Crippen LogP) is 3.11. The molecular weight excluding hydrogens is 296 g/mol. The van der Waals surface area contributed by atoms with Crippen LogP contribution in [-0.2, 0) is 0 Å². The van der Waals surface area contributed by atoms with Crippen LogP contribution in [0.3, 0.4) is 0 Å². The summed E-state index contributed by atoms with van der Waals surface area (Å²) in [7, 11) is 0. The van der Waals surface area contributed by atoms with Crippen molar-refractivity contribution in [3.05, 3.63) is 58.0 Å². The smallest absolute Gasteiger partial charge is 0.271 e. The van der Waals surface area contributed by atoms with Gasteiger partial charge in [-0.3, -0.25) is 4.79 Å². The molecule has 0 bridgehead atoms. The Morgan fingerprint density at radius 1 is 1.44 bits per heavy atom. The van der Waals surface area contributed by atoms with Gasteiger partial charge in [0, 0.05) is 10.0 Å². The lowest BCUT2D eigenvalue weighted by Gasteiger charge is -2.02. The molecule has 4 nitrogen and oxygen atoms in total. The zero-order chi connectivity index (χ0) is 13.0. The largest absolute Gasteiger partial charge is 0.463 e. The zero-order valence-corrected chi connectivity index (χ0v) is 11.3. The summed E-state index contributed by atoms with van der Waals surface area (Å²) in [5, 5.41) is 3.81. The first kappa shape index (κ1) is 12.6. The number of aryl methyl sites for hydroxylation is 1. The number of carbonyl (C=O) groups excluding carboxylic acids is 1. The highest BCUT2D eigenvalue weighted by molar-refractivity contribution is 9.10. The zero-order valence-electron chi connectivity index (χ0n) is 9.68. The summed E-state index contributed by atoms with van der Waals surface area (Å²) in [5.74, 6) is 0.318. The molecular formula is C13H11BrN2O2. The second kappa shape index (κ2) is 5.64. The van der Waals surface area contributed by atoms with E-state index in [2.05, 4.69) is 26.5 Å². The Hall–Kier alpha value is -1.88. The molecule has 0 spiro atoms. The molecule has 0 aliphatic heterocycles. The van der Waals surface area contributed by atoms with E-state index >= 15 is 0 Å². The maximum absolute atomic E-state index is 11.8. The van der Waals surface area contributed by atoms with Crippen molar-refractivity contribution in [1.82, 2.24) is 5.43 Å². The SMILES string of the molecule is Cc1ccc(C(=O)N/N=C/c2ccco2)cc1Br. The number of hydrazone groups is 1. The molecule has 0 saturated carbocycles. The summed E-state index contributed by atoms with van der Waals surface area (Å²) in [6.45, 7) is 1.96. The van der Waals surface area contributed by atoms with Crippen molar-refractivity contribution in [2.75, 3.05) is 0 Å². The quantitative estimate of drug-likeness (QED) is 0.699. The Kier molecular flexibility index (Phi) is 3.94. The third kappa shape index (κ3) is 3.07. The van der Waals surface area contributed by atoms with E-state index in [-0.39, 0.29) is 5.91 Å². The molecule has 1 aromatic heterocycles. The average molecular weight is 307 g/mol.